The van der Waals surface area contributed by atoms with E-state index in [0.717, 1.165) is 13.0 Å². The Bertz CT molecular complexity index is 378. The summed E-state index contributed by atoms with van der Waals surface area (Å²) in [5.74, 6) is 0.206. The third-order valence-electron chi connectivity index (χ3n) is 2.69. The number of aromatic hydroxyl groups is 1. The first-order valence-corrected chi connectivity index (χ1v) is 7.51. The standard InChI is InChI=1S/C12H18ClNO2S/c1-9(17(2)16)6-7-14-8-10-11(13)4-3-5-12(10)15/h3-5,9,14-15H,6-8H2,1-2H3. The zero-order valence-corrected chi connectivity index (χ0v) is 11.6. The molecule has 0 saturated heterocycles. The minimum Gasteiger partial charge on any atom is -0.508 e. The van der Waals surface area contributed by atoms with E-state index in [1.807, 2.05) is 6.92 Å². The lowest BCUT2D eigenvalue weighted by molar-refractivity contribution is 0.464. The summed E-state index contributed by atoms with van der Waals surface area (Å²) < 4.78 is 11.1. The Kier molecular flexibility index (Phi) is 5.95. The molecule has 1 rings (SSSR count). The minimum absolute atomic E-state index is 0.183. The van der Waals surface area contributed by atoms with Crippen LogP contribution in [0.4, 0.5) is 0 Å². The molecule has 2 N–H and O–H groups in total. The van der Waals surface area contributed by atoms with E-state index >= 15 is 0 Å². The van der Waals surface area contributed by atoms with Crippen molar-refractivity contribution in [3.63, 3.8) is 0 Å². The highest BCUT2D eigenvalue weighted by atomic mass is 35.5. The Balaban J connectivity index is 2.39. The summed E-state index contributed by atoms with van der Waals surface area (Å²) in [6.07, 6.45) is 2.55. The number of phenols is 1. The average Bonchev–Trinajstić information content (AvgIpc) is 2.27. The monoisotopic (exact) mass is 275 g/mol. The molecule has 0 amide bonds. The minimum atomic E-state index is -0.783. The van der Waals surface area contributed by atoms with Crippen molar-refractivity contribution in [3.05, 3.63) is 28.8 Å². The second-order valence-corrected chi connectivity index (χ2v) is 6.22. The molecular formula is C12H18ClNO2S. The smallest absolute Gasteiger partial charge is 0.121 e. The molecule has 0 bridgehead atoms. The van der Waals surface area contributed by atoms with E-state index in [4.69, 9.17) is 11.6 Å². The van der Waals surface area contributed by atoms with Crippen molar-refractivity contribution in [2.45, 2.75) is 25.1 Å². The Morgan fingerprint density at radius 3 is 2.82 bits per heavy atom. The molecule has 1 aromatic carbocycles. The number of rotatable bonds is 6. The first-order chi connectivity index (χ1) is 8.02. The summed E-state index contributed by atoms with van der Waals surface area (Å²) in [5.41, 5.74) is 0.708. The summed E-state index contributed by atoms with van der Waals surface area (Å²) in [6, 6.07) is 5.08. The number of halogens is 1. The Morgan fingerprint density at radius 2 is 2.24 bits per heavy atom. The second-order valence-electron chi connectivity index (χ2n) is 4.01. The molecule has 0 aliphatic carbocycles. The Hall–Kier alpha value is -0.580. The van der Waals surface area contributed by atoms with Crippen molar-refractivity contribution in [1.82, 2.24) is 5.32 Å². The molecular weight excluding hydrogens is 258 g/mol. The SMILES string of the molecule is CC(CCNCc1c(O)cccc1Cl)S(C)=O. The lowest BCUT2D eigenvalue weighted by Crippen LogP contribution is -2.21. The quantitative estimate of drug-likeness (QED) is 0.783. The molecule has 0 fully saturated rings. The van der Waals surface area contributed by atoms with Crippen molar-refractivity contribution in [1.29, 1.82) is 0 Å². The predicted molar refractivity (Wildman–Crippen MR) is 73.0 cm³/mol. The van der Waals surface area contributed by atoms with Crippen molar-refractivity contribution in [2.75, 3.05) is 12.8 Å². The van der Waals surface area contributed by atoms with E-state index in [0.29, 0.717) is 17.1 Å². The van der Waals surface area contributed by atoms with Gasteiger partial charge in [0.1, 0.15) is 5.75 Å². The van der Waals surface area contributed by atoms with Crippen molar-refractivity contribution >= 4 is 22.4 Å². The topological polar surface area (TPSA) is 49.3 Å². The molecule has 0 radical (unpaired) electrons. The summed E-state index contributed by atoms with van der Waals surface area (Å²) in [6.45, 7) is 3.24. The summed E-state index contributed by atoms with van der Waals surface area (Å²) in [4.78, 5) is 0. The van der Waals surface area contributed by atoms with Crippen LogP contribution < -0.4 is 5.32 Å². The van der Waals surface area contributed by atoms with Gasteiger partial charge in [-0.15, -0.1) is 0 Å². The summed E-state index contributed by atoms with van der Waals surface area (Å²) in [5, 5.41) is 13.5. The number of nitrogens with one attached hydrogen (secondary N) is 1. The first kappa shape index (κ1) is 14.5. The third kappa shape index (κ3) is 4.66. The highest BCUT2D eigenvalue weighted by Gasteiger charge is 2.07. The third-order valence-corrected chi connectivity index (χ3v) is 4.41. The molecule has 0 heterocycles. The molecule has 0 aliphatic rings. The van der Waals surface area contributed by atoms with E-state index < -0.39 is 10.8 Å². The van der Waals surface area contributed by atoms with E-state index in [2.05, 4.69) is 5.32 Å². The van der Waals surface area contributed by atoms with Gasteiger partial charge in [0.25, 0.3) is 0 Å². The van der Waals surface area contributed by atoms with Crippen LogP contribution in [0.1, 0.15) is 18.9 Å². The van der Waals surface area contributed by atoms with Crippen LogP contribution >= 0.6 is 11.6 Å². The van der Waals surface area contributed by atoms with Crippen LogP contribution in [0, 0.1) is 0 Å². The van der Waals surface area contributed by atoms with Gasteiger partial charge in [0, 0.05) is 39.4 Å². The van der Waals surface area contributed by atoms with Crippen LogP contribution in [-0.4, -0.2) is 27.4 Å². The lowest BCUT2D eigenvalue weighted by Gasteiger charge is -2.11. The fourth-order valence-corrected chi connectivity index (χ4v) is 2.09. The summed E-state index contributed by atoms with van der Waals surface area (Å²) in [7, 11) is -0.783. The fraction of sp³-hybridized carbons (Fsp3) is 0.500. The molecule has 0 aliphatic heterocycles. The zero-order valence-electron chi connectivity index (χ0n) is 10.1. The van der Waals surface area contributed by atoms with Gasteiger partial charge in [0.2, 0.25) is 0 Å². The van der Waals surface area contributed by atoms with Crippen LogP contribution in [0.3, 0.4) is 0 Å². The highest BCUT2D eigenvalue weighted by Crippen LogP contribution is 2.24. The number of hydrogen-bond donors (Lipinski definition) is 2. The van der Waals surface area contributed by atoms with Gasteiger partial charge in [-0.2, -0.15) is 0 Å². The lowest BCUT2D eigenvalue weighted by atomic mass is 10.2. The molecule has 2 atom stereocenters. The van der Waals surface area contributed by atoms with Crippen molar-refractivity contribution < 1.29 is 9.32 Å². The van der Waals surface area contributed by atoms with Crippen LogP contribution in [-0.2, 0) is 17.3 Å². The van der Waals surface area contributed by atoms with Gasteiger partial charge in [-0.05, 0) is 25.1 Å². The number of benzene rings is 1. The van der Waals surface area contributed by atoms with Gasteiger partial charge in [-0.1, -0.05) is 24.6 Å². The average molecular weight is 276 g/mol. The molecule has 5 heteroatoms. The Morgan fingerprint density at radius 1 is 1.53 bits per heavy atom. The summed E-state index contributed by atoms with van der Waals surface area (Å²) >= 11 is 5.97. The molecule has 1 aromatic rings. The van der Waals surface area contributed by atoms with Gasteiger partial charge < -0.3 is 10.4 Å². The molecule has 3 nitrogen and oxygen atoms in total. The maximum absolute atomic E-state index is 11.1. The largest absolute Gasteiger partial charge is 0.508 e. The maximum Gasteiger partial charge on any atom is 0.121 e. The molecule has 2 unspecified atom stereocenters. The maximum atomic E-state index is 11.1. The van der Waals surface area contributed by atoms with E-state index in [-0.39, 0.29) is 11.0 Å². The van der Waals surface area contributed by atoms with Crippen LogP contribution in [0.25, 0.3) is 0 Å². The normalized spacial score (nSPS) is 14.5. The first-order valence-electron chi connectivity index (χ1n) is 5.51. The van der Waals surface area contributed by atoms with Crippen molar-refractivity contribution in [2.24, 2.45) is 0 Å². The molecule has 17 heavy (non-hydrogen) atoms. The van der Waals surface area contributed by atoms with Gasteiger partial charge in [0.15, 0.2) is 0 Å². The van der Waals surface area contributed by atoms with Gasteiger partial charge in [-0.3, -0.25) is 4.21 Å². The van der Waals surface area contributed by atoms with E-state index in [9.17, 15) is 9.32 Å². The van der Waals surface area contributed by atoms with Crippen molar-refractivity contribution in [3.8, 4) is 5.75 Å². The second kappa shape index (κ2) is 6.99. The van der Waals surface area contributed by atoms with Gasteiger partial charge in [0.05, 0.1) is 0 Å². The zero-order chi connectivity index (χ0) is 12.8. The van der Waals surface area contributed by atoms with Gasteiger partial charge >= 0.3 is 0 Å². The molecule has 96 valence electrons. The molecule has 0 aromatic heterocycles. The van der Waals surface area contributed by atoms with E-state index in [1.54, 1.807) is 24.5 Å². The van der Waals surface area contributed by atoms with Crippen LogP contribution in [0.15, 0.2) is 18.2 Å². The Labute approximate surface area is 110 Å². The predicted octanol–water partition coefficient (Wildman–Crippen LogP) is 2.29. The van der Waals surface area contributed by atoms with Crippen LogP contribution in [0.5, 0.6) is 5.75 Å². The number of hydrogen-bond acceptors (Lipinski definition) is 3. The van der Waals surface area contributed by atoms with Gasteiger partial charge in [-0.25, -0.2) is 0 Å². The fourth-order valence-electron chi connectivity index (χ4n) is 1.41. The van der Waals surface area contributed by atoms with Crippen LogP contribution in [0.2, 0.25) is 5.02 Å². The van der Waals surface area contributed by atoms with E-state index in [1.165, 1.54) is 0 Å². The molecule has 0 saturated carbocycles. The number of phenolic OH excluding ortho intramolecular Hbond substituents is 1. The molecule has 0 spiro atoms. The highest BCUT2D eigenvalue weighted by molar-refractivity contribution is 7.84.